The molecule has 5 nitrogen and oxygen atoms in total. The summed E-state index contributed by atoms with van der Waals surface area (Å²) in [5.74, 6) is -0.0570. The quantitative estimate of drug-likeness (QED) is 0.687. The molecule has 27 heavy (non-hydrogen) atoms. The molecule has 2 aromatic carbocycles. The number of Topliss-reactive ketones (excluding diaryl/α,β-unsaturated/α-hetero) is 1. The monoisotopic (exact) mass is 434 g/mol. The molecule has 0 spiro atoms. The lowest BCUT2D eigenvalue weighted by Crippen LogP contribution is -2.49. The van der Waals surface area contributed by atoms with E-state index in [2.05, 4.69) is 15.9 Å². The Bertz CT molecular complexity index is 880. The number of rotatable bonds is 4. The van der Waals surface area contributed by atoms with Gasteiger partial charge in [-0.05, 0) is 59.3 Å². The van der Waals surface area contributed by atoms with Gasteiger partial charge in [0.15, 0.2) is 5.78 Å². The van der Waals surface area contributed by atoms with Gasteiger partial charge >= 0.3 is 0 Å². The van der Waals surface area contributed by atoms with Crippen molar-refractivity contribution in [1.82, 2.24) is 4.90 Å². The summed E-state index contributed by atoms with van der Waals surface area (Å²) in [4.78, 5) is 27.8. The summed E-state index contributed by atoms with van der Waals surface area (Å²) in [5, 5.41) is 0. The maximum absolute atomic E-state index is 14.4. The summed E-state index contributed by atoms with van der Waals surface area (Å²) < 4.78 is 20.3. The molecule has 7 heteroatoms. The molecule has 142 valence electrons. The minimum Gasteiger partial charge on any atom is -0.497 e. The third-order valence-corrected chi connectivity index (χ3v) is 5.36. The molecule has 0 aliphatic carbocycles. The highest BCUT2D eigenvalue weighted by atomic mass is 79.9. The van der Waals surface area contributed by atoms with Crippen molar-refractivity contribution in [1.29, 1.82) is 0 Å². The van der Waals surface area contributed by atoms with Crippen molar-refractivity contribution >= 4 is 33.3 Å². The minimum atomic E-state index is -0.419. The number of ether oxygens (including phenoxy) is 1. The van der Waals surface area contributed by atoms with Crippen LogP contribution in [0.2, 0.25) is 0 Å². The van der Waals surface area contributed by atoms with Gasteiger partial charge in [-0.2, -0.15) is 0 Å². The number of carbonyl (C=O) groups excluding carboxylic acids is 2. The second kappa shape index (κ2) is 8.08. The van der Waals surface area contributed by atoms with Gasteiger partial charge in [-0.3, -0.25) is 9.59 Å². The van der Waals surface area contributed by atoms with E-state index in [9.17, 15) is 14.0 Å². The van der Waals surface area contributed by atoms with Gasteiger partial charge in [-0.15, -0.1) is 0 Å². The molecule has 0 atom stereocenters. The maximum Gasteiger partial charge on any atom is 0.255 e. The first-order chi connectivity index (χ1) is 12.9. The number of hydrogen-bond donors (Lipinski definition) is 0. The molecule has 0 radical (unpaired) electrons. The fourth-order valence-corrected chi connectivity index (χ4v) is 3.51. The molecule has 3 rings (SSSR count). The van der Waals surface area contributed by atoms with E-state index in [1.165, 1.54) is 13.0 Å². The molecule has 1 aliphatic rings. The van der Waals surface area contributed by atoms with Gasteiger partial charge in [-0.25, -0.2) is 4.39 Å². The summed E-state index contributed by atoms with van der Waals surface area (Å²) in [5.41, 5.74) is 1.35. The van der Waals surface area contributed by atoms with Gasteiger partial charge in [0.1, 0.15) is 11.6 Å². The van der Waals surface area contributed by atoms with Crippen LogP contribution in [0.25, 0.3) is 0 Å². The van der Waals surface area contributed by atoms with E-state index in [0.717, 1.165) is 0 Å². The second-order valence-corrected chi connectivity index (χ2v) is 7.20. The largest absolute Gasteiger partial charge is 0.497 e. The number of halogens is 2. The van der Waals surface area contributed by atoms with E-state index in [1.807, 2.05) is 4.90 Å². The Hall–Kier alpha value is -2.41. The van der Waals surface area contributed by atoms with Crippen molar-refractivity contribution in [3.63, 3.8) is 0 Å². The minimum absolute atomic E-state index is 0.0900. The Morgan fingerprint density at radius 1 is 1.07 bits per heavy atom. The van der Waals surface area contributed by atoms with Crippen LogP contribution < -0.4 is 9.64 Å². The number of methoxy groups -OCH3 is 1. The summed E-state index contributed by atoms with van der Waals surface area (Å²) >= 11 is 3.41. The van der Waals surface area contributed by atoms with Gasteiger partial charge in [0.05, 0.1) is 18.4 Å². The van der Waals surface area contributed by atoms with Crippen molar-refractivity contribution in [3.8, 4) is 5.75 Å². The van der Waals surface area contributed by atoms with Gasteiger partial charge in [0.2, 0.25) is 0 Å². The molecule has 1 saturated heterocycles. The zero-order chi connectivity index (χ0) is 19.6. The van der Waals surface area contributed by atoms with Crippen molar-refractivity contribution in [2.24, 2.45) is 0 Å². The number of ketones is 1. The molecular formula is C20H20BrFN2O3. The first-order valence-corrected chi connectivity index (χ1v) is 9.38. The molecule has 0 unspecified atom stereocenters. The van der Waals surface area contributed by atoms with Crippen molar-refractivity contribution in [3.05, 3.63) is 57.8 Å². The molecule has 1 heterocycles. The van der Waals surface area contributed by atoms with E-state index < -0.39 is 5.82 Å². The summed E-state index contributed by atoms with van der Waals surface area (Å²) in [6, 6.07) is 9.80. The fraction of sp³-hybridized carbons (Fsp3) is 0.300. The normalized spacial score (nSPS) is 14.2. The van der Waals surface area contributed by atoms with Crippen LogP contribution >= 0.6 is 15.9 Å². The molecule has 0 bridgehead atoms. The lowest BCUT2D eigenvalue weighted by atomic mass is 10.1. The number of carbonyl (C=O) groups is 2. The van der Waals surface area contributed by atoms with Crippen LogP contribution in [-0.2, 0) is 0 Å². The Balaban J connectivity index is 1.70. The SMILES string of the molecule is COc1ccc(Br)c(C(=O)N2CCN(c3ccc(C(C)=O)cc3F)CC2)c1. The smallest absolute Gasteiger partial charge is 0.255 e. The fourth-order valence-electron chi connectivity index (χ4n) is 3.10. The number of amides is 1. The summed E-state index contributed by atoms with van der Waals surface area (Å²) in [7, 11) is 1.56. The number of hydrogen-bond acceptors (Lipinski definition) is 4. The van der Waals surface area contributed by atoms with E-state index in [0.29, 0.717) is 53.2 Å². The number of piperazine rings is 1. The van der Waals surface area contributed by atoms with E-state index in [4.69, 9.17) is 4.74 Å². The molecule has 2 aromatic rings. The number of anilines is 1. The third-order valence-electron chi connectivity index (χ3n) is 4.67. The zero-order valence-electron chi connectivity index (χ0n) is 15.2. The van der Waals surface area contributed by atoms with Gasteiger partial charge in [0, 0.05) is 36.2 Å². The van der Waals surface area contributed by atoms with Crippen molar-refractivity contribution in [2.75, 3.05) is 38.2 Å². The van der Waals surface area contributed by atoms with Crippen molar-refractivity contribution in [2.45, 2.75) is 6.92 Å². The van der Waals surface area contributed by atoms with E-state index >= 15 is 0 Å². The molecular weight excluding hydrogens is 415 g/mol. The Morgan fingerprint density at radius 2 is 1.78 bits per heavy atom. The van der Waals surface area contributed by atoms with Crippen LogP contribution in [0.1, 0.15) is 27.6 Å². The van der Waals surface area contributed by atoms with E-state index in [1.54, 1.807) is 42.3 Å². The standard InChI is InChI=1S/C20H20BrFN2O3/c1-13(25)14-3-6-19(18(22)11-14)23-7-9-24(10-8-23)20(26)16-12-15(27-2)4-5-17(16)21/h3-6,11-12H,7-10H2,1-2H3. The summed E-state index contributed by atoms with van der Waals surface area (Å²) in [6.07, 6.45) is 0. The Morgan fingerprint density at radius 3 is 2.37 bits per heavy atom. The highest BCUT2D eigenvalue weighted by molar-refractivity contribution is 9.10. The highest BCUT2D eigenvalue weighted by Gasteiger charge is 2.25. The van der Waals surface area contributed by atoms with Crippen LogP contribution in [0, 0.1) is 5.82 Å². The van der Waals surface area contributed by atoms with Crippen molar-refractivity contribution < 1.29 is 18.7 Å². The third kappa shape index (κ3) is 4.13. The van der Waals surface area contributed by atoms with Crippen LogP contribution in [0.3, 0.4) is 0 Å². The molecule has 1 fully saturated rings. The average Bonchev–Trinajstić information content (AvgIpc) is 2.68. The first kappa shape index (κ1) is 19.4. The van der Waals surface area contributed by atoms with Crippen LogP contribution in [0.5, 0.6) is 5.75 Å². The second-order valence-electron chi connectivity index (χ2n) is 6.35. The molecule has 1 aliphatic heterocycles. The summed E-state index contributed by atoms with van der Waals surface area (Å²) in [6.45, 7) is 3.41. The van der Waals surface area contributed by atoms with Crippen LogP contribution in [-0.4, -0.2) is 49.9 Å². The lowest BCUT2D eigenvalue weighted by Gasteiger charge is -2.36. The van der Waals surface area contributed by atoms with E-state index in [-0.39, 0.29) is 11.7 Å². The van der Waals surface area contributed by atoms with Gasteiger partial charge < -0.3 is 14.5 Å². The molecule has 0 N–H and O–H groups in total. The van der Waals surface area contributed by atoms with Gasteiger partial charge in [0.25, 0.3) is 5.91 Å². The number of benzene rings is 2. The van der Waals surface area contributed by atoms with Gasteiger partial charge in [-0.1, -0.05) is 0 Å². The number of nitrogens with zero attached hydrogens (tertiary/aromatic N) is 2. The van der Waals surface area contributed by atoms with Crippen LogP contribution in [0.15, 0.2) is 40.9 Å². The maximum atomic E-state index is 14.4. The highest BCUT2D eigenvalue weighted by Crippen LogP contribution is 2.26. The van der Waals surface area contributed by atoms with Crippen LogP contribution in [0.4, 0.5) is 10.1 Å². The predicted octanol–water partition coefficient (Wildman–Crippen LogP) is 3.76. The molecule has 0 aromatic heterocycles. The lowest BCUT2D eigenvalue weighted by molar-refractivity contribution is 0.0745. The Labute approximate surface area is 165 Å². The first-order valence-electron chi connectivity index (χ1n) is 8.59. The molecule has 1 amide bonds. The predicted molar refractivity (Wildman–Crippen MR) is 105 cm³/mol. The average molecular weight is 435 g/mol. The molecule has 0 saturated carbocycles. The topological polar surface area (TPSA) is 49.9 Å². The Kier molecular flexibility index (Phi) is 5.79. The zero-order valence-corrected chi connectivity index (χ0v) is 16.8.